The Morgan fingerprint density at radius 3 is 2.94 bits per heavy atom. The Balaban J connectivity index is 1.75. The Hall–Kier alpha value is -1.49. The van der Waals surface area contributed by atoms with Crippen molar-refractivity contribution in [2.24, 2.45) is 11.8 Å². The van der Waals surface area contributed by atoms with Crippen molar-refractivity contribution in [3.05, 3.63) is 29.8 Å². The predicted octanol–water partition coefficient (Wildman–Crippen LogP) is 1.06. The van der Waals surface area contributed by atoms with Crippen LogP contribution in [-0.4, -0.2) is 40.1 Å². The van der Waals surface area contributed by atoms with Crippen LogP contribution in [0.5, 0.6) is 0 Å². The smallest absolute Gasteiger partial charge is 0.272 e. The van der Waals surface area contributed by atoms with Gasteiger partial charge in [-0.1, -0.05) is 6.07 Å². The van der Waals surface area contributed by atoms with Gasteiger partial charge in [0.15, 0.2) is 0 Å². The lowest BCUT2D eigenvalue weighted by molar-refractivity contribution is 0.0745. The fraction of sp³-hybridized carbons (Fsp3) is 0.538. The van der Waals surface area contributed by atoms with Crippen molar-refractivity contribution in [3.63, 3.8) is 0 Å². The highest BCUT2D eigenvalue weighted by Crippen LogP contribution is 2.38. The van der Waals surface area contributed by atoms with Crippen LogP contribution in [0.25, 0.3) is 0 Å². The van der Waals surface area contributed by atoms with E-state index in [-0.39, 0.29) is 23.6 Å². The maximum absolute atomic E-state index is 13.0. The van der Waals surface area contributed by atoms with E-state index in [1.54, 1.807) is 4.90 Å². The number of aliphatic hydroxyl groups excluding tert-OH is 1. The first kappa shape index (κ1) is 11.6. The number of pyridine rings is 1. The second-order valence-electron chi connectivity index (χ2n) is 5.12. The molecule has 1 aliphatic carbocycles. The average molecular weight is 250 g/mol. The van der Waals surface area contributed by atoms with E-state index in [1.807, 2.05) is 0 Å². The number of nitrogens with zero attached hydrogens (tertiary/aromatic N) is 2. The molecule has 96 valence electrons. The SMILES string of the molecule is O=C(c1cccc(F)n1)N1CC2CCC(O)C2C1. The molecule has 1 amide bonds. The van der Waals surface area contributed by atoms with Crippen molar-refractivity contribution in [1.29, 1.82) is 0 Å². The van der Waals surface area contributed by atoms with Crippen LogP contribution in [0.1, 0.15) is 23.3 Å². The molecule has 0 radical (unpaired) electrons. The summed E-state index contributed by atoms with van der Waals surface area (Å²) in [5, 5.41) is 9.80. The molecule has 2 fully saturated rings. The lowest BCUT2D eigenvalue weighted by Crippen LogP contribution is -2.31. The molecule has 3 atom stereocenters. The largest absolute Gasteiger partial charge is 0.393 e. The van der Waals surface area contributed by atoms with Crippen molar-refractivity contribution < 1.29 is 14.3 Å². The molecule has 3 rings (SSSR count). The number of aromatic nitrogens is 1. The van der Waals surface area contributed by atoms with Gasteiger partial charge in [0.2, 0.25) is 5.95 Å². The molecule has 1 aliphatic heterocycles. The molecule has 1 saturated heterocycles. The molecule has 0 bridgehead atoms. The van der Waals surface area contributed by atoms with Gasteiger partial charge in [-0.15, -0.1) is 0 Å². The van der Waals surface area contributed by atoms with Crippen LogP contribution in [0.4, 0.5) is 4.39 Å². The summed E-state index contributed by atoms with van der Waals surface area (Å²) in [5.41, 5.74) is 0.143. The van der Waals surface area contributed by atoms with Crippen LogP contribution < -0.4 is 0 Å². The number of carbonyl (C=O) groups excluding carboxylic acids is 1. The number of fused-ring (bicyclic) bond motifs is 1. The van der Waals surface area contributed by atoms with E-state index in [2.05, 4.69) is 4.98 Å². The van der Waals surface area contributed by atoms with E-state index < -0.39 is 5.95 Å². The first-order valence-corrected chi connectivity index (χ1v) is 6.25. The number of rotatable bonds is 1. The average Bonchev–Trinajstić information content (AvgIpc) is 2.91. The Bertz CT molecular complexity index is 480. The highest BCUT2D eigenvalue weighted by molar-refractivity contribution is 5.92. The number of carbonyl (C=O) groups is 1. The standard InChI is InChI=1S/C13H15FN2O2/c14-12-3-1-2-10(15-12)13(18)16-6-8-4-5-11(17)9(8)7-16/h1-3,8-9,11,17H,4-7H2. The van der Waals surface area contributed by atoms with Gasteiger partial charge < -0.3 is 10.0 Å². The minimum atomic E-state index is -0.639. The van der Waals surface area contributed by atoms with Crippen LogP contribution in [-0.2, 0) is 0 Å². The van der Waals surface area contributed by atoms with Crippen LogP contribution in [0.2, 0.25) is 0 Å². The first-order chi connectivity index (χ1) is 8.65. The quantitative estimate of drug-likeness (QED) is 0.758. The third kappa shape index (κ3) is 1.88. The van der Waals surface area contributed by atoms with Gasteiger partial charge in [-0.3, -0.25) is 4.79 Å². The highest BCUT2D eigenvalue weighted by Gasteiger charge is 2.43. The molecule has 3 unspecified atom stereocenters. The maximum atomic E-state index is 13.0. The zero-order chi connectivity index (χ0) is 12.7. The summed E-state index contributed by atoms with van der Waals surface area (Å²) in [6.07, 6.45) is 1.50. The van der Waals surface area contributed by atoms with E-state index in [0.717, 1.165) is 12.8 Å². The van der Waals surface area contributed by atoms with Crippen molar-refractivity contribution in [3.8, 4) is 0 Å². The predicted molar refractivity (Wildman–Crippen MR) is 62.3 cm³/mol. The molecular weight excluding hydrogens is 235 g/mol. The second kappa shape index (κ2) is 4.31. The molecule has 1 aromatic rings. The van der Waals surface area contributed by atoms with Gasteiger partial charge in [0, 0.05) is 19.0 Å². The zero-order valence-corrected chi connectivity index (χ0v) is 9.92. The van der Waals surface area contributed by atoms with E-state index in [9.17, 15) is 14.3 Å². The van der Waals surface area contributed by atoms with Crippen LogP contribution in [0.15, 0.2) is 18.2 Å². The molecule has 18 heavy (non-hydrogen) atoms. The van der Waals surface area contributed by atoms with E-state index >= 15 is 0 Å². The summed E-state index contributed by atoms with van der Waals surface area (Å²) >= 11 is 0. The molecule has 0 aromatic carbocycles. The minimum Gasteiger partial charge on any atom is -0.393 e. The third-order valence-electron chi connectivity index (χ3n) is 4.04. The van der Waals surface area contributed by atoms with E-state index in [4.69, 9.17) is 0 Å². The number of amides is 1. The highest BCUT2D eigenvalue weighted by atomic mass is 19.1. The Morgan fingerprint density at radius 2 is 2.22 bits per heavy atom. The molecular formula is C13H15FN2O2. The van der Waals surface area contributed by atoms with Gasteiger partial charge in [-0.2, -0.15) is 4.39 Å². The molecule has 1 saturated carbocycles. The molecule has 5 heteroatoms. The van der Waals surface area contributed by atoms with Crippen LogP contribution in [0.3, 0.4) is 0 Å². The normalized spacial score (nSPS) is 30.6. The molecule has 2 aliphatic rings. The number of hydrogen-bond donors (Lipinski definition) is 1. The molecule has 0 spiro atoms. The van der Waals surface area contributed by atoms with Gasteiger partial charge in [0.25, 0.3) is 5.91 Å². The Kier molecular flexibility index (Phi) is 2.78. The molecule has 2 heterocycles. The second-order valence-corrected chi connectivity index (χ2v) is 5.12. The van der Waals surface area contributed by atoms with Crippen molar-refractivity contribution in [2.75, 3.05) is 13.1 Å². The third-order valence-corrected chi connectivity index (χ3v) is 4.04. The lowest BCUT2D eigenvalue weighted by atomic mass is 10.00. The van der Waals surface area contributed by atoms with Crippen molar-refractivity contribution in [1.82, 2.24) is 9.88 Å². The van der Waals surface area contributed by atoms with E-state index in [1.165, 1.54) is 18.2 Å². The van der Waals surface area contributed by atoms with Gasteiger partial charge >= 0.3 is 0 Å². The van der Waals surface area contributed by atoms with Crippen molar-refractivity contribution in [2.45, 2.75) is 18.9 Å². The van der Waals surface area contributed by atoms with Gasteiger partial charge in [0.1, 0.15) is 5.69 Å². The van der Waals surface area contributed by atoms with E-state index in [0.29, 0.717) is 19.0 Å². The minimum absolute atomic E-state index is 0.143. The first-order valence-electron chi connectivity index (χ1n) is 6.25. The van der Waals surface area contributed by atoms with Gasteiger partial charge in [-0.25, -0.2) is 4.98 Å². The molecule has 1 N–H and O–H groups in total. The van der Waals surface area contributed by atoms with Crippen LogP contribution >= 0.6 is 0 Å². The summed E-state index contributed by atoms with van der Waals surface area (Å²) in [7, 11) is 0. The fourth-order valence-corrected chi connectivity index (χ4v) is 3.09. The summed E-state index contributed by atoms with van der Waals surface area (Å²) in [6, 6.07) is 4.23. The van der Waals surface area contributed by atoms with Crippen molar-refractivity contribution >= 4 is 5.91 Å². The molecule has 1 aromatic heterocycles. The topological polar surface area (TPSA) is 53.4 Å². The fourth-order valence-electron chi connectivity index (χ4n) is 3.09. The Labute approximate surface area is 104 Å². The number of likely N-dealkylation sites (tertiary alicyclic amines) is 1. The number of hydrogen-bond acceptors (Lipinski definition) is 3. The van der Waals surface area contributed by atoms with Gasteiger partial charge in [0.05, 0.1) is 6.10 Å². The Morgan fingerprint density at radius 1 is 1.39 bits per heavy atom. The van der Waals surface area contributed by atoms with Crippen LogP contribution in [0, 0.1) is 17.8 Å². The summed E-state index contributed by atoms with van der Waals surface area (Å²) < 4.78 is 13.0. The zero-order valence-electron chi connectivity index (χ0n) is 9.92. The summed E-state index contributed by atoms with van der Waals surface area (Å²) in [5.74, 6) is -0.309. The lowest BCUT2D eigenvalue weighted by Gasteiger charge is -2.17. The summed E-state index contributed by atoms with van der Waals surface area (Å²) in [6.45, 7) is 1.21. The maximum Gasteiger partial charge on any atom is 0.272 e. The number of halogens is 1. The summed E-state index contributed by atoms with van der Waals surface area (Å²) in [4.78, 5) is 17.4. The molecule has 4 nitrogen and oxygen atoms in total. The monoisotopic (exact) mass is 250 g/mol. The van der Waals surface area contributed by atoms with Gasteiger partial charge in [-0.05, 0) is 30.9 Å². The number of aliphatic hydroxyl groups is 1.